The molecular weight excluding hydrogens is 966 g/mol. The average molecular weight is 1040 g/mol. The van der Waals surface area contributed by atoms with E-state index in [0.717, 1.165) is 12.8 Å². The normalized spacial score (nSPS) is 18.3. The van der Waals surface area contributed by atoms with Gasteiger partial charge in [0, 0.05) is 50.7 Å². The zero-order chi connectivity index (χ0) is 56.1. The van der Waals surface area contributed by atoms with Crippen molar-refractivity contribution in [2.45, 2.75) is 142 Å². The Morgan fingerprint density at radius 1 is 0.350 bits per heavy atom. The van der Waals surface area contributed by atoms with Crippen LogP contribution in [0, 0.1) is 0 Å². The summed E-state index contributed by atoms with van der Waals surface area (Å²) in [7, 11) is 0. The predicted molar refractivity (Wildman–Crippen MR) is 345 cm³/mol. The van der Waals surface area contributed by atoms with Gasteiger partial charge in [-0.3, -0.25) is 0 Å². The molecule has 0 N–H and O–H groups in total. The minimum Gasteiger partial charge on any atom is -0.334 e. The predicted octanol–water partition coefficient (Wildman–Crippen LogP) is 18.9. The molecule has 13 rings (SSSR count). The number of nitrogens with zero attached hydrogens (tertiary/aromatic N) is 3. The highest BCUT2D eigenvalue weighted by Crippen LogP contribution is 2.66. The molecule has 1 fully saturated rings. The molecule has 3 aliphatic heterocycles. The molecule has 9 aromatic rings. The van der Waals surface area contributed by atoms with Crippen molar-refractivity contribution in [2.75, 3.05) is 14.7 Å². The molecule has 3 heterocycles. The summed E-state index contributed by atoms with van der Waals surface area (Å²) in [4.78, 5) is 8.16. The summed E-state index contributed by atoms with van der Waals surface area (Å²) in [6.07, 6.45) is 2.25. The van der Waals surface area contributed by atoms with Crippen LogP contribution in [0.5, 0.6) is 0 Å². The highest BCUT2D eigenvalue weighted by Gasteiger charge is 2.63. The van der Waals surface area contributed by atoms with Gasteiger partial charge >= 0.3 is 0 Å². The molecule has 0 amide bonds. The van der Waals surface area contributed by atoms with E-state index in [2.05, 4.69) is 306 Å². The van der Waals surface area contributed by atoms with E-state index >= 15 is 0 Å². The molecule has 4 aliphatic rings. The minimum absolute atomic E-state index is 0.0230. The van der Waals surface area contributed by atoms with E-state index in [4.69, 9.17) is 0 Å². The highest BCUT2D eigenvalue weighted by molar-refractivity contribution is 7.00. The number of anilines is 8. The van der Waals surface area contributed by atoms with Gasteiger partial charge in [-0.15, -0.1) is 0 Å². The van der Waals surface area contributed by atoms with Gasteiger partial charge in [0.25, 0.3) is 6.71 Å². The third-order valence-electron chi connectivity index (χ3n) is 19.2. The fourth-order valence-electron chi connectivity index (χ4n) is 14.0. The Hall–Kier alpha value is -7.56. The summed E-state index contributed by atoms with van der Waals surface area (Å²) in [6, 6.07) is 75.4. The van der Waals surface area contributed by atoms with Crippen molar-refractivity contribution in [1.29, 1.82) is 0 Å². The van der Waals surface area contributed by atoms with Crippen molar-refractivity contribution < 1.29 is 0 Å². The molecule has 400 valence electrons. The fourth-order valence-corrected chi connectivity index (χ4v) is 14.0. The molecule has 80 heavy (non-hydrogen) atoms. The molecule has 2 unspecified atom stereocenters. The van der Waals surface area contributed by atoms with Crippen LogP contribution in [0.4, 0.5) is 45.5 Å². The first kappa shape index (κ1) is 51.9. The van der Waals surface area contributed by atoms with Crippen molar-refractivity contribution >= 4 is 68.6 Å². The van der Waals surface area contributed by atoms with Gasteiger partial charge in [-0.25, -0.2) is 0 Å². The number of fused-ring (bicyclic) bond motifs is 7. The van der Waals surface area contributed by atoms with Gasteiger partial charge in [-0.05, 0) is 162 Å². The summed E-state index contributed by atoms with van der Waals surface area (Å²) in [5.41, 5.74) is 27.5. The van der Waals surface area contributed by atoms with E-state index in [1.807, 2.05) is 0 Å². The monoisotopic (exact) mass is 1040 g/mol. The Labute approximate surface area is 478 Å². The Morgan fingerprint density at radius 2 is 0.787 bits per heavy atom. The first-order valence-corrected chi connectivity index (χ1v) is 29.4. The summed E-state index contributed by atoms with van der Waals surface area (Å²) in [5.74, 6) is 0. The van der Waals surface area contributed by atoms with Crippen LogP contribution in [0.2, 0.25) is 0 Å². The molecule has 3 nitrogen and oxygen atoms in total. The zero-order valence-corrected chi connectivity index (χ0v) is 49.8. The van der Waals surface area contributed by atoms with E-state index in [0.29, 0.717) is 0 Å². The van der Waals surface area contributed by atoms with Crippen molar-refractivity contribution in [3.05, 3.63) is 222 Å². The summed E-state index contributed by atoms with van der Waals surface area (Å²) < 4.78 is 0. The largest absolute Gasteiger partial charge is 0.334 e. The molecule has 0 spiro atoms. The topological polar surface area (TPSA) is 9.72 Å². The molecule has 4 heteroatoms. The van der Waals surface area contributed by atoms with Crippen LogP contribution >= 0.6 is 0 Å². The summed E-state index contributed by atoms with van der Waals surface area (Å²) in [5, 5.41) is 0. The first-order valence-electron chi connectivity index (χ1n) is 29.4. The average Bonchev–Trinajstić information content (AvgIpc) is 3.83. The second-order valence-corrected chi connectivity index (χ2v) is 28.3. The van der Waals surface area contributed by atoms with Crippen molar-refractivity contribution in [3.63, 3.8) is 0 Å². The van der Waals surface area contributed by atoms with Gasteiger partial charge in [0.15, 0.2) is 0 Å². The number of benzene rings is 9. The fraction of sp³-hybridized carbons (Fsp3) is 0.289. The molecule has 0 aromatic heterocycles. The van der Waals surface area contributed by atoms with Gasteiger partial charge < -0.3 is 14.7 Å². The molecule has 0 saturated heterocycles. The first-order chi connectivity index (χ1) is 37.9. The summed E-state index contributed by atoms with van der Waals surface area (Å²) in [6.45, 7) is 33.2. The summed E-state index contributed by atoms with van der Waals surface area (Å²) >= 11 is 0. The van der Waals surface area contributed by atoms with E-state index in [-0.39, 0.29) is 39.3 Å². The van der Waals surface area contributed by atoms with Crippen LogP contribution < -0.4 is 31.1 Å². The Kier molecular flexibility index (Phi) is 11.7. The van der Waals surface area contributed by atoms with E-state index in [9.17, 15) is 0 Å². The lowest BCUT2D eigenvalue weighted by molar-refractivity contribution is 0.133. The van der Waals surface area contributed by atoms with E-state index in [1.54, 1.807) is 0 Å². The molecule has 2 atom stereocenters. The SMILES string of the molecule is CC(C)(C)c1ccc2c(c1)B1c3ccc(-c4ccccc4)cc3N(c3ccc(C(C)(C)C)cc3-c3ccccc3)c3cc(N4c5ccc(C(C)(C)C)cc5C5(C)CCC45C)cc(c31)N2c1ccc(C(C)(C)C)cc1-c1ccccc1. The van der Waals surface area contributed by atoms with Gasteiger partial charge in [0.2, 0.25) is 0 Å². The van der Waals surface area contributed by atoms with Gasteiger partial charge in [-0.1, -0.05) is 230 Å². The molecule has 0 bridgehead atoms. The number of rotatable bonds is 6. The second-order valence-electron chi connectivity index (χ2n) is 28.3. The third-order valence-corrected chi connectivity index (χ3v) is 19.2. The third kappa shape index (κ3) is 8.05. The molecule has 1 saturated carbocycles. The van der Waals surface area contributed by atoms with Crippen molar-refractivity contribution in [3.8, 4) is 33.4 Å². The maximum atomic E-state index is 2.79. The van der Waals surface area contributed by atoms with Crippen LogP contribution in [-0.2, 0) is 27.1 Å². The van der Waals surface area contributed by atoms with Crippen LogP contribution in [0.15, 0.2) is 194 Å². The zero-order valence-electron chi connectivity index (χ0n) is 49.8. The maximum absolute atomic E-state index is 2.79. The Balaban J connectivity index is 1.20. The maximum Gasteiger partial charge on any atom is 0.252 e. The quantitative estimate of drug-likeness (QED) is 0.154. The van der Waals surface area contributed by atoms with Gasteiger partial charge in [-0.2, -0.15) is 0 Å². The van der Waals surface area contributed by atoms with Crippen molar-refractivity contribution in [2.24, 2.45) is 0 Å². The van der Waals surface area contributed by atoms with Gasteiger partial charge in [0.05, 0.1) is 16.9 Å². The Morgan fingerprint density at radius 3 is 1.26 bits per heavy atom. The van der Waals surface area contributed by atoms with Crippen molar-refractivity contribution in [1.82, 2.24) is 0 Å². The number of hydrogen-bond acceptors (Lipinski definition) is 3. The standard InChI is InChI=1S/C76H78BN3/c1-71(2,3)53-31-36-63(58(43-53)50-26-20-16-21-27-50)78-66-39-34-56(74(10,11)12)46-62(66)77-61-35-30-52(49-24-18-15-19-25-49)42-67(61)79(64-37-32-54(72(4,5)6)44-59(64)51-28-22-17-23-29-51)69-48-57(47-68(78)70(69)77)80-65-38-33-55(73(7,8)9)45-60(65)75(13)40-41-76(75,80)14/h15-39,42-48H,40-41H2,1-14H3. The van der Waals surface area contributed by atoms with E-state index < -0.39 is 0 Å². The second kappa shape index (κ2) is 18.0. The molecule has 1 aliphatic carbocycles. The van der Waals surface area contributed by atoms with Crippen LogP contribution in [0.1, 0.15) is 138 Å². The minimum atomic E-state index is -0.157. The van der Waals surface area contributed by atoms with Gasteiger partial charge in [0.1, 0.15) is 0 Å². The lowest BCUT2D eigenvalue weighted by Crippen LogP contribution is -2.62. The van der Waals surface area contributed by atoms with Crippen LogP contribution in [0.3, 0.4) is 0 Å². The smallest absolute Gasteiger partial charge is 0.252 e. The van der Waals surface area contributed by atoms with Crippen LogP contribution in [0.25, 0.3) is 33.4 Å². The highest BCUT2D eigenvalue weighted by atomic mass is 15.3. The molecular formula is C76H78BN3. The number of hydrogen-bond donors (Lipinski definition) is 0. The molecule has 9 aromatic carbocycles. The lowest BCUT2D eigenvalue weighted by Gasteiger charge is -2.56. The molecule has 0 radical (unpaired) electrons. The van der Waals surface area contributed by atoms with Crippen LogP contribution in [-0.4, -0.2) is 12.3 Å². The van der Waals surface area contributed by atoms with E-state index in [1.165, 1.54) is 123 Å². The Bertz CT molecular complexity index is 3920. The lowest BCUT2D eigenvalue weighted by atomic mass is 9.33.